The molecule has 0 aromatic carbocycles. The van der Waals surface area contributed by atoms with E-state index in [0.29, 0.717) is 19.0 Å². The highest BCUT2D eigenvalue weighted by Crippen LogP contribution is 2.14. The Balaban J connectivity index is 1.70. The summed E-state index contributed by atoms with van der Waals surface area (Å²) in [7, 11) is 0. The number of amides is 1. The molecule has 1 aliphatic heterocycles. The molecular formula is C16H18FN5O2. The number of nitrogens with one attached hydrogen (secondary N) is 1. The first-order chi connectivity index (χ1) is 11.6. The number of pyridine rings is 1. The summed E-state index contributed by atoms with van der Waals surface area (Å²) in [6, 6.07) is 3.24. The van der Waals surface area contributed by atoms with E-state index >= 15 is 0 Å². The minimum atomic E-state index is -0.658. The van der Waals surface area contributed by atoms with E-state index in [1.165, 1.54) is 12.3 Å². The van der Waals surface area contributed by atoms with Crippen LogP contribution in [0.4, 0.5) is 10.2 Å². The Labute approximate surface area is 138 Å². The highest BCUT2D eigenvalue weighted by atomic mass is 19.1. The summed E-state index contributed by atoms with van der Waals surface area (Å²) in [5.41, 5.74) is 0.761. The van der Waals surface area contributed by atoms with Crippen LogP contribution in [-0.4, -0.2) is 47.2 Å². The molecule has 8 heteroatoms. The molecule has 1 fully saturated rings. The van der Waals surface area contributed by atoms with Gasteiger partial charge in [0.15, 0.2) is 5.82 Å². The lowest BCUT2D eigenvalue weighted by Gasteiger charge is -2.28. The molecule has 3 rings (SSSR count). The molecule has 1 aliphatic rings. The predicted octanol–water partition coefficient (Wildman–Crippen LogP) is 1.09. The Hall–Kier alpha value is -2.61. The number of carbonyl (C=O) groups excluding carboxylic acids is 1. The Kier molecular flexibility index (Phi) is 4.95. The van der Waals surface area contributed by atoms with E-state index in [4.69, 9.17) is 4.74 Å². The van der Waals surface area contributed by atoms with Crippen molar-refractivity contribution < 1.29 is 13.9 Å². The van der Waals surface area contributed by atoms with Crippen LogP contribution in [-0.2, 0) is 11.3 Å². The van der Waals surface area contributed by atoms with Gasteiger partial charge in [-0.1, -0.05) is 0 Å². The van der Waals surface area contributed by atoms with Gasteiger partial charge in [-0.3, -0.25) is 9.78 Å². The number of morpholine rings is 1. The fraction of sp³-hybridized carbons (Fsp3) is 0.375. The maximum atomic E-state index is 13.6. The van der Waals surface area contributed by atoms with Gasteiger partial charge in [-0.25, -0.2) is 14.4 Å². The molecule has 24 heavy (non-hydrogen) atoms. The van der Waals surface area contributed by atoms with Crippen LogP contribution in [0, 0.1) is 12.7 Å². The Bertz CT molecular complexity index is 734. The van der Waals surface area contributed by atoms with Gasteiger partial charge < -0.3 is 15.0 Å². The summed E-state index contributed by atoms with van der Waals surface area (Å²) < 4.78 is 18.9. The van der Waals surface area contributed by atoms with Crippen molar-refractivity contribution in [3.05, 3.63) is 47.4 Å². The third-order valence-electron chi connectivity index (χ3n) is 3.65. The highest BCUT2D eigenvalue weighted by Gasteiger charge is 2.15. The number of carbonyl (C=O) groups is 1. The third-order valence-corrected chi connectivity index (χ3v) is 3.65. The molecule has 1 amide bonds. The number of aromatic nitrogens is 3. The first kappa shape index (κ1) is 16.3. The van der Waals surface area contributed by atoms with Gasteiger partial charge in [-0.2, -0.15) is 0 Å². The zero-order valence-corrected chi connectivity index (χ0v) is 13.3. The van der Waals surface area contributed by atoms with Gasteiger partial charge in [-0.15, -0.1) is 0 Å². The lowest BCUT2D eigenvalue weighted by Crippen LogP contribution is -2.37. The number of nitrogens with zero attached hydrogens (tertiary/aromatic N) is 4. The lowest BCUT2D eigenvalue weighted by molar-refractivity contribution is 0.0945. The summed E-state index contributed by atoms with van der Waals surface area (Å²) in [5.74, 6) is 0.117. The lowest BCUT2D eigenvalue weighted by atomic mass is 10.2. The van der Waals surface area contributed by atoms with Crippen molar-refractivity contribution in [1.29, 1.82) is 0 Å². The van der Waals surface area contributed by atoms with Crippen molar-refractivity contribution in [3.8, 4) is 0 Å². The molecule has 2 aromatic rings. The molecule has 3 heterocycles. The van der Waals surface area contributed by atoms with Crippen molar-refractivity contribution in [1.82, 2.24) is 20.3 Å². The van der Waals surface area contributed by atoms with Crippen LogP contribution in [0.1, 0.15) is 21.9 Å². The molecule has 0 saturated carbocycles. The summed E-state index contributed by atoms with van der Waals surface area (Å²) in [6.45, 7) is 4.86. The highest BCUT2D eigenvalue weighted by molar-refractivity contribution is 5.94. The van der Waals surface area contributed by atoms with Crippen molar-refractivity contribution in [2.75, 3.05) is 31.2 Å². The normalized spacial score (nSPS) is 14.5. The first-order valence-electron chi connectivity index (χ1n) is 7.68. The second-order valence-corrected chi connectivity index (χ2v) is 5.42. The molecule has 1 saturated heterocycles. The maximum Gasteiger partial charge on any atom is 0.254 e. The molecule has 7 nitrogen and oxygen atoms in total. The topological polar surface area (TPSA) is 80.2 Å². The monoisotopic (exact) mass is 331 g/mol. The number of rotatable bonds is 4. The zero-order chi connectivity index (χ0) is 16.9. The molecular weight excluding hydrogens is 313 g/mol. The molecule has 0 atom stereocenters. The average molecular weight is 331 g/mol. The molecule has 0 radical (unpaired) electrons. The number of hydrogen-bond acceptors (Lipinski definition) is 6. The van der Waals surface area contributed by atoms with Gasteiger partial charge in [0, 0.05) is 31.0 Å². The second-order valence-electron chi connectivity index (χ2n) is 5.42. The summed E-state index contributed by atoms with van der Waals surface area (Å²) in [4.78, 5) is 26.6. The van der Waals surface area contributed by atoms with E-state index in [1.807, 2.05) is 13.0 Å². The summed E-state index contributed by atoms with van der Waals surface area (Å²) in [5, 5.41) is 2.64. The first-order valence-corrected chi connectivity index (χ1v) is 7.68. The van der Waals surface area contributed by atoms with E-state index in [2.05, 4.69) is 25.2 Å². The molecule has 0 unspecified atom stereocenters. The van der Waals surface area contributed by atoms with Gasteiger partial charge >= 0.3 is 0 Å². The van der Waals surface area contributed by atoms with E-state index in [1.54, 1.807) is 0 Å². The number of anilines is 1. The average Bonchev–Trinajstić information content (AvgIpc) is 2.60. The molecule has 0 bridgehead atoms. The third kappa shape index (κ3) is 3.83. The van der Waals surface area contributed by atoms with Crippen molar-refractivity contribution in [3.63, 3.8) is 0 Å². The minimum Gasteiger partial charge on any atom is -0.378 e. The van der Waals surface area contributed by atoms with E-state index in [9.17, 15) is 9.18 Å². The van der Waals surface area contributed by atoms with Crippen LogP contribution in [0.25, 0.3) is 0 Å². The fourth-order valence-electron chi connectivity index (χ4n) is 2.46. The summed E-state index contributed by atoms with van der Waals surface area (Å²) in [6.07, 6.45) is 2.38. The van der Waals surface area contributed by atoms with Crippen LogP contribution in [0.15, 0.2) is 24.5 Å². The Morgan fingerprint density at radius 3 is 2.92 bits per heavy atom. The summed E-state index contributed by atoms with van der Waals surface area (Å²) >= 11 is 0. The molecule has 2 aromatic heterocycles. The largest absolute Gasteiger partial charge is 0.378 e. The number of aryl methyl sites for hydroxylation is 1. The molecule has 126 valence electrons. The van der Waals surface area contributed by atoms with Gasteiger partial charge in [0.25, 0.3) is 5.91 Å². The Morgan fingerprint density at radius 2 is 2.17 bits per heavy atom. The van der Waals surface area contributed by atoms with Gasteiger partial charge in [0.2, 0.25) is 0 Å². The zero-order valence-electron chi connectivity index (χ0n) is 13.3. The van der Waals surface area contributed by atoms with Crippen LogP contribution >= 0.6 is 0 Å². The number of halogens is 1. The van der Waals surface area contributed by atoms with Crippen LogP contribution in [0.3, 0.4) is 0 Å². The quantitative estimate of drug-likeness (QED) is 0.903. The van der Waals surface area contributed by atoms with E-state index in [0.717, 1.165) is 30.8 Å². The van der Waals surface area contributed by atoms with Crippen LogP contribution in [0.5, 0.6) is 0 Å². The SMILES string of the molecule is Cc1cc(N2CCOCC2)nc(CNC(=O)c2ccncc2F)n1. The fourth-order valence-corrected chi connectivity index (χ4v) is 2.46. The molecule has 0 spiro atoms. The Morgan fingerprint density at radius 1 is 1.38 bits per heavy atom. The standard InChI is InChI=1S/C16H18FN5O2/c1-11-8-15(22-4-6-24-7-5-22)21-14(20-11)10-19-16(23)12-2-3-18-9-13(12)17/h2-3,8-9H,4-7,10H2,1H3,(H,19,23). The second kappa shape index (κ2) is 7.31. The van der Waals surface area contributed by atoms with E-state index in [-0.39, 0.29) is 12.1 Å². The number of hydrogen-bond donors (Lipinski definition) is 1. The van der Waals surface area contributed by atoms with Crippen molar-refractivity contribution >= 4 is 11.7 Å². The maximum absolute atomic E-state index is 13.6. The number of ether oxygens (including phenoxy) is 1. The van der Waals surface area contributed by atoms with Crippen LogP contribution in [0.2, 0.25) is 0 Å². The van der Waals surface area contributed by atoms with Gasteiger partial charge in [0.05, 0.1) is 31.5 Å². The van der Waals surface area contributed by atoms with Crippen molar-refractivity contribution in [2.45, 2.75) is 13.5 Å². The van der Waals surface area contributed by atoms with Gasteiger partial charge in [-0.05, 0) is 13.0 Å². The predicted molar refractivity (Wildman–Crippen MR) is 85.2 cm³/mol. The molecule has 1 N–H and O–H groups in total. The van der Waals surface area contributed by atoms with E-state index < -0.39 is 11.7 Å². The smallest absolute Gasteiger partial charge is 0.254 e. The van der Waals surface area contributed by atoms with Gasteiger partial charge in [0.1, 0.15) is 11.6 Å². The minimum absolute atomic E-state index is 0.0499. The molecule has 0 aliphatic carbocycles. The van der Waals surface area contributed by atoms with Crippen molar-refractivity contribution in [2.24, 2.45) is 0 Å². The van der Waals surface area contributed by atoms with Crippen LogP contribution < -0.4 is 10.2 Å².